The molecule has 3 nitrogen and oxygen atoms in total. The van der Waals surface area contributed by atoms with Gasteiger partial charge in [-0.3, -0.25) is 4.79 Å². The lowest BCUT2D eigenvalue weighted by atomic mass is 9.43. The molecule has 0 unspecified atom stereocenters. The molecule has 0 spiro atoms. The molecule has 0 bridgehead atoms. The van der Waals surface area contributed by atoms with Crippen LogP contribution < -0.4 is 0 Å². The summed E-state index contributed by atoms with van der Waals surface area (Å²) in [4.78, 5) is 12.2. The summed E-state index contributed by atoms with van der Waals surface area (Å²) in [5.41, 5.74) is 0.623. The maximum Gasteiger partial charge on any atom is 0.135 e. The van der Waals surface area contributed by atoms with Crippen LogP contribution in [-0.4, -0.2) is 28.2 Å². The number of hydrogen-bond donors (Lipinski definition) is 2. The van der Waals surface area contributed by atoms with Gasteiger partial charge in [-0.2, -0.15) is 0 Å². The molecule has 0 aromatic rings. The molecule has 0 aromatic carbocycles. The van der Waals surface area contributed by atoms with Gasteiger partial charge in [0.2, 0.25) is 0 Å². The van der Waals surface area contributed by atoms with Crippen molar-refractivity contribution in [3.05, 3.63) is 0 Å². The van der Waals surface area contributed by atoms with Crippen LogP contribution in [0.4, 0.5) is 0 Å². The SMILES string of the molecule is CC(C)C(=O)CC[C@@H](C)[C@H]1CC[C@H]2[C@@H]3[C@@H](O)C[C@@H]4C[C@H](O)CC[C@]4(C)[C@H]3CC[C@]12C. The molecule has 0 aromatic heterocycles. The lowest BCUT2D eigenvalue weighted by Gasteiger charge is -2.62. The predicted octanol–water partition coefficient (Wildman–Crippen LogP) is 5.62. The average molecular weight is 419 g/mol. The second-order valence-corrected chi connectivity index (χ2v) is 12.6. The number of rotatable bonds is 5. The molecule has 3 heteroatoms. The second-order valence-electron chi connectivity index (χ2n) is 12.6. The maximum absolute atomic E-state index is 12.2. The maximum atomic E-state index is 12.2. The van der Waals surface area contributed by atoms with Crippen LogP contribution in [0.3, 0.4) is 0 Å². The third kappa shape index (κ3) is 3.60. The van der Waals surface area contributed by atoms with Gasteiger partial charge in [0.25, 0.3) is 0 Å². The largest absolute Gasteiger partial charge is 0.393 e. The molecule has 0 saturated heterocycles. The highest BCUT2D eigenvalue weighted by molar-refractivity contribution is 5.80. The highest BCUT2D eigenvalue weighted by atomic mass is 16.3. The first-order valence-electron chi connectivity index (χ1n) is 13.0. The van der Waals surface area contributed by atoms with Gasteiger partial charge in [-0.25, -0.2) is 0 Å². The first-order valence-corrected chi connectivity index (χ1v) is 13.0. The number of fused-ring (bicyclic) bond motifs is 5. The van der Waals surface area contributed by atoms with Crippen molar-refractivity contribution >= 4 is 5.78 Å². The van der Waals surface area contributed by atoms with Crippen LogP contribution in [0.15, 0.2) is 0 Å². The molecular formula is C27H46O3. The molecule has 2 N–H and O–H groups in total. The van der Waals surface area contributed by atoms with Crippen molar-refractivity contribution in [2.45, 2.75) is 111 Å². The second kappa shape index (κ2) is 8.18. The summed E-state index contributed by atoms with van der Waals surface area (Å²) in [5, 5.41) is 21.6. The summed E-state index contributed by atoms with van der Waals surface area (Å²) in [5.74, 6) is 4.01. The van der Waals surface area contributed by atoms with Gasteiger partial charge < -0.3 is 10.2 Å². The number of carbonyl (C=O) groups is 1. The minimum Gasteiger partial charge on any atom is -0.393 e. The number of carbonyl (C=O) groups excluding carboxylic acids is 1. The molecule has 4 saturated carbocycles. The monoisotopic (exact) mass is 418 g/mol. The Hall–Kier alpha value is -0.410. The van der Waals surface area contributed by atoms with Crippen LogP contribution in [0.25, 0.3) is 0 Å². The van der Waals surface area contributed by atoms with Crippen LogP contribution >= 0.6 is 0 Å². The fourth-order valence-corrected chi connectivity index (χ4v) is 9.04. The summed E-state index contributed by atoms with van der Waals surface area (Å²) >= 11 is 0. The molecule has 0 radical (unpaired) electrons. The standard InChI is InChI=1S/C27H46O3/c1-16(2)23(29)9-6-17(3)20-7-8-21-25-22(11-13-27(20,21)5)26(4)12-10-19(28)14-18(26)15-24(25)30/h16-22,24-25,28,30H,6-15H2,1-5H3/t17-,18+,19-,20-,21+,22+,24+,25+,26+,27-/m1/s1. The smallest absolute Gasteiger partial charge is 0.135 e. The molecular weight excluding hydrogens is 372 g/mol. The molecule has 0 aliphatic heterocycles. The van der Waals surface area contributed by atoms with Crippen molar-refractivity contribution in [1.29, 1.82) is 0 Å². The minimum atomic E-state index is -0.195. The van der Waals surface area contributed by atoms with E-state index >= 15 is 0 Å². The van der Waals surface area contributed by atoms with E-state index in [4.69, 9.17) is 0 Å². The Labute approximate surface area is 184 Å². The van der Waals surface area contributed by atoms with Gasteiger partial charge in [-0.15, -0.1) is 0 Å². The topological polar surface area (TPSA) is 57.5 Å². The Bertz CT molecular complexity index is 644. The normalized spacial score (nSPS) is 49.3. The van der Waals surface area contributed by atoms with Gasteiger partial charge in [0.05, 0.1) is 12.2 Å². The van der Waals surface area contributed by atoms with Crippen molar-refractivity contribution in [3.63, 3.8) is 0 Å². The molecule has 0 heterocycles. The van der Waals surface area contributed by atoms with E-state index in [1.807, 2.05) is 13.8 Å². The quantitative estimate of drug-likeness (QED) is 0.609. The average Bonchev–Trinajstić information content (AvgIpc) is 3.04. The number of aliphatic hydroxyl groups excluding tert-OH is 2. The highest BCUT2D eigenvalue weighted by Gasteiger charge is 2.62. The summed E-state index contributed by atoms with van der Waals surface area (Å²) in [7, 11) is 0. The number of ketones is 1. The fraction of sp³-hybridized carbons (Fsp3) is 0.963. The Morgan fingerprint density at radius 3 is 2.30 bits per heavy atom. The lowest BCUT2D eigenvalue weighted by molar-refractivity contribution is -0.174. The summed E-state index contributed by atoms with van der Waals surface area (Å²) in [6.07, 6.45) is 10.3. The van der Waals surface area contributed by atoms with Crippen molar-refractivity contribution in [2.24, 2.45) is 52.3 Å². The van der Waals surface area contributed by atoms with Gasteiger partial charge in [0.15, 0.2) is 0 Å². The minimum absolute atomic E-state index is 0.152. The molecule has 30 heavy (non-hydrogen) atoms. The Balaban J connectivity index is 1.51. The summed E-state index contributed by atoms with van der Waals surface area (Å²) in [6.45, 7) is 11.4. The molecule has 4 aliphatic rings. The zero-order valence-corrected chi connectivity index (χ0v) is 20.1. The number of Topliss-reactive ketones (excluding diaryl/α,β-unsaturated/α-hetero) is 1. The lowest BCUT2D eigenvalue weighted by Crippen LogP contribution is -2.58. The zero-order chi connectivity index (χ0) is 21.8. The van der Waals surface area contributed by atoms with E-state index in [0.29, 0.717) is 52.1 Å². The van der Waals surface area contributed by atoms with Gasteiger partial charge in [0.1, 0.15) is 5.78 Å². The van der Waals surface area contributed by atoms with E-state index in [1.54, 1.807) is 0 Å². The van der Waals surface area contributed by atoms with E-state index in [0.717, 1.165) is 38.5 Å². The van der Waals surface area contributed by atoms with Crippen LogP contribution in [0.5, 0.6) is 0 Å². The van der Waals surface area contributed by atoms with E-state index in [2.05, 4.69) is 20.8 Å². The number of aliphatic hydroxyl groups is 2. The van der Waals surface area contributed by atoms with Gasteiger partial charge in [-0.05, 0) is 104 Å². The zero-order valence-electron chi connectivity index (χ0n) is 20.1. The van der Waals surface area contributed by atoms with Crippen molar-refractivity contribution in [3.8, 4) is 0 Å². The van der Waals surface area contributed by atoms with E-state index in [1.165, 1.54) is 25.7 Å². The molecule has 172 valence electrons. The third-order valence-corrected chi connectivity index (χ3v) is 10.9. The van der Waals surface area contributed by atoms with E-state index < -0.39 is 0 Å². The van der Waals surface area contributed by atoms with Crippen LogP contribution in [0.1, 0.15) is 98.8 Å². The van der Waals surface area contributed by atoms with Crippen molar-refractivity contribution in [1.82, 2.24) is 0 Å². The Kier molecular flexibility index (Phi) is 6.21. The Morgan fingerprint density at radius 2 is 1.60 bits per heavy atom. The van der Waals surface area contributed by atoms with Gasteiger partial charge in [0, 0.05) is 12.3 Å². The predicted molar refractivity (Wildman–Crippen MR) is 121 cm³/mol. The molecule has 10 atom stereocenters. The molecule has 4 aliphatic carbocycles. The van der Waals surface area contributed by atoms with Crippen LogP contribution in [-0.2, 0) is 4.79 Å². The molecule has 4 rings (SSSR count). The highest BCUT2D eigenvalue weighted by Crippen LogP contribution is 2.68. The van der Waals surface area contributed by atoms with Crippen molar-refractivity contribution < 1.29 is 15.0 Å². The summed E-state index contributed by atoms with van der Waals surface area (Å²) < 4.78 is 0. The van der Waals surface area contributed by atoms with E-state index in [9.17, 15) is 15.0 Å². The van der Waals surface area contributed by atoms with E-state index in [-0.39, 0.29) is 18.1 Å². The first-order chi connectivity index (χ1) is 14.1. The van der Waals surface area contributed by atoms with Gasteiger partial charge >= 0.3 is 0 Å². The number of hydrogen-bond acceptors (Lipinski definition) is 3. The van der Waals surface area contributed by atoms with Crippen molar-refractivity contribution in [2.75, 3.05) is 0 Å². The summed E-state index contributed by atoms with van der Waals surface area (Å²) in [6, 6.07) is 0. The molecule has 4 fully saturated rings. The third-order valence-electron chi connectivity index (χ3n) is 10.9. The van der Waals surface area contributed by atoms with Crippen LogP contribution in [0.2, 0.25) is 0 Å². The van der Waals surface area contributed by atoms with Gasteiger partial charge in [-0.1, -0.05) is 34.6 Å². The molecule has 0 amide bonds. The first kappa shape index (κ1) is 22.8. The fourth-order valence-electron chi connectivity index (χ4n) is 9.04. The Morgan fingerprint density at radius 1 is 0.933 bits per heavy atom. The van der Waals surface area contributed by atoms with Crippen LogP contribution in [0, 0.1) is 52.3 Å².